The van der Waals surface area contributed by atoms with Gasteiger partial charge in [0.2, 0.25) is 0 Å². The number of para-hydroxylation sites is 1. The molecule has 0 radical (unpaired) electrons. The van der Waals surface area contributed by atoms with Crippen LogP contribution in [0.15, 0.2) is 53.3 Å². The van der Waals surface area contributed by atoms with Crippen LogP contribution in [0.2, 0.25) is 0 Å². The van der Waals surface area contributed by atoms with E-state index >= 15 is 0 Å². The van der Waals surface area contributed by atoms with E-state index in [-0.39, 0.29) is 23.1 Å². The molecule has 1 aromatic heterocycles. The van der Waals surface area contributed by atoms with Gasteiger partial charge in [-0.15, -0.1) is 0 Å². The number of nitrogens with zero attached hydrogens (tertiary/aromatic N) is 2. The molecule has 0 atom stereocenters. The summed E-state index contributed by atoms with van der Waals surface area (Å²) in [4.78, 5) is 49.5. The SMILES string of the molecule is CC(C)CNC(=O)c1ccccc1NC(=O)COC(=O)c1nn(C)c(=O)c2ccccc12. The molecule has 9 heteroatoms. The monoisotopic (exact) mass is 436 g/mol. The topological polar surface area (TPSA) is 119 Å². The molecule has 0 unspecified atom stereocenters. The van der Waals surface area contributed by atoms with Crippen molar-refractivity contribution in [2.75, 3.05) is 18.5 Å². The smallest absolute Gasteiger partial charge is 0.359 e. The van der Waals surface area contributed by atoms with E-state index in [0.29, 0.717) is 28.6 Å². The van der Waals surface area contributed by atoms with E-state index in [1.54, 1.807) is 48.5 Å². The number of carbonyl (C=O) groups is 3. The van der Waals surface area contributed by atoms with Gasteiger partial charge in [0, 0.05) is 19.0 Å². The molecule has 0 aliphatic heterocycles. The number of nitrogens with one attached hydrogen (secondary N) is 2. The minimum atomic E-state index is -0.838. The fourth-order valence-corrected chi connectivity index (χ4v) is 3.02. The Morgan fingerprint density at radius 3 is 2.41 bits per heavy atom. The van der Waals surface area contributed by atoms with Crippen molar-refractivity contribution in [3.8, 4) is 0 Å². The van der Waals surface area contributed by atoms with Gasteiger partial charge < -0.3 is 15.4 Å². The predicted molar refractivity (Wildman–Crippen MR) is 120 cm³/mol. The Balaban J connectivity index is 1.70. The Morgan fingerprint density at radius 2 is 1.69 bits per heavy atom. The highest BCUT2D eigenvalue weighted by Crippen LogP contribution is 2.16. The average molecular weight is 436 g/mol. The quantitative estimate of drug-likeness (QED) is 0.548. The van der Waals surface area contributed by atoms with E-state index in [9.17, 15) is 19.2 Å². The summed E-state index contributed by atoms with van der Waals surface area (Å²) in [6.45, 7) is 3.87. The van der Waals surface area contributed by atoms with Gasteiger partial charge in [0.15, 0.2) is 12.3 Å². The molecule has 32 heavy (non-hydrogen) atoms. The molecule has 0 spiro atoms. The maximum Gasteiger partial charge on any atom is 0.359 e. The molecular weight excluding hydrogens is 412 g/mol. The summed E-state index contributed by atoms with van der Waals surface area (Å²) < 4.78 is 6.16. The molecule has 0 saturated carbocycles. The molecule has 3 aromatic rings. The fraction of sp³-hybridized carbons (Fsp3) is 0.261. The number of hydrogen-bond acceptors (Lipinski definition) is 6. The maximum absolute atomic E-state index is 12.6. The number of hydrogen-bond donors (Lipinski definition) is 2. The van der Waals surface area contributed by atoms with Gasteiger partial charge >= 0.3 is 5.97 Å². The van der Waals surface area contributed by atoms with Crippen molar-refractivity contribution in [2.45, 2.75) is 13.8 Å². The van der Waals surface area contributed by atoms with Crippen LogP contribution in [0.4, 0.5) is 5.69 Å². The molecule has 2 N–H and O–H groups in total. The Labute approximate surface area is 184 Å². The minimum Gasteiger partial charge on any atom is -0.451 e. The Morgan fingerprint density at radius 1 is 1.03 bits per heavy atom. The first-order valence-electron chi connectivity index (χ1n) is 10.1. The van der Waals surface area contributed by atoms with Crippen LogP contribution in [0.25, 0.3) is 10.8 Å². The van der Waals surface area contributed by atoms with Gasteiger partial charge in [-0.25, -0.2) is 9.48 Å². The molecule has 2 amide bonds. The number of aryl methyl sites for hydroxylation is 1. The van der Waals surface area contributed by atoms with Gasteiger partial charge in [-0.05, 0) is 24.1 Å². The number of benzene rings is 2. The minimum absolute atomic E-state index is 0.0658. The van der Waals surface area contributed by atoms with Crippen LogP contribution in [0, 0.1) is 5.92 Å². The Bertz CT molecular complexity index is 1230. The normalized spacial score (nSPS) is 10.8. The van der Waals surface area contributed by atoms with Crippen LogP contribution in [0.5, 0.6) is 0 Å². The molecular formula is C23H24N4O5. The number of carbonyl (C=O) groups excluding carboxylic acids is 3. The van der Waals surface area contributed by atoms with Crippen LogP contribution in [-0.2, 0) is 16.6 Å². The highest BCUT2D eigenvalue weighted by Gasteiger charge is 2.19. The summed E-state index contributed by atoms with van der Waals surface area (Å²) in [6, 6.07) is 13.1. The van der Waals surface area contributed by atoms with Crippen LogP contribution < -0.4 is 16.2 Å². The summed E-state index contributed by atoms with van der Waals surface area (Å²) >= 11 is 0. The van der Waals surface area contributed by atoms with Crippen LogP contribution in [-0.4, -0.2) is 40.7 Å². The van der Waals surface area contributed by atoms with Gasteiger partial charge in [-0.3, -0.25) is 14.4 Å². The van der Waals surface area contributed by atoms with Crippen molar-refractivity contribution >= 4 is 34.2 Å². The summed E-state index contributed by atoms with van der Waals surface area (Å²) in [5, 5.41) is 10.0. The number of esters is 1. The zero-order valence-electron chi connectivity index (χ0n) is 18.0. The highest BCUT2D eigenvalue weighted by atomic mass is 16.5. The van der Waals surface area contributed by atoms with Crippen molar-refractivity contribution in [3.05, 3.63) is 70.1 Å². The lowest BCUT2D eigenvalue weighted by Gasteiger charge is -2.13. The van der Waals surface area contributed by atoms with Crippen molar-refractivity contribution < 1.29 is 19.1 Å². The Hall–Kier alpha value is -4.01. The molecule has 1 heterocycles. The van der Waals surface area contributed by atoms with Crippen molar-refractivity contribution in [2.24, 2.45) is 13.0 Å². The standard InChI is InChI=1S/C23H24N4O5/c1-14(2)12-24-21(29)17-10-6-7-11-18(17)25-19(28)13-32-23(31)20-15-8-4-5-9-16(15)22(30)27(3)26-20/h4-11,14H,12-13H2,1-3H3,(H,24,29)(H,25,28). The van der Waals surface area contributed by atoms with Gasteiger partial charge in [0.1, 0.15) is 0 Å². The summed E-state index contributed by atoms with van der Waals surface area (Å²) in [7, 11) is 1.43. The third kappa shape index (κ3) is 5.18. The number of fused-ring (bicyclic) bond motifs is 1. The lowest BCUT2D eigenvalue weighted by molar-refractivity contribution is -0.119. The van der Waals surface area contributed by atoms with E-state index in [4.69, 9.17) is 4.74 Å². The number of ether oxygens (including phenoxy) is 1. The number of aromatic nitrogens is 2. The lowest BCUT2D eigenvalue weighted by Crippen LogP contribution is -2.29. The molecule has 2 aromatic carbocycles. The second-order valence-electron chi connectivity index (χ2n) is 7.60. The highest BCUT2D eigenvalue weighted by molar-refractivity contribution is 6.05. The molecule has 0 aliphatic rings. The first-order chi connectivity index (χ1) is 15.3. The van der Waals surface area contributed by atoms with Crippen LogP contribution in [0.1, 0.15) is 34.7 Å². The van der Waals surface area contributed by atoms with E-state index in [1.165, 1.54) is 7.05 Å². The van der Waals surface area contributed by atoms with Crippen molar-refractivity contribution in [1.29, 1.82) is 0 Å². The van der Waals surface area contributed by atoms with Gasteiger partial charge in [-0.2, -0.15) is 5.10 Å². The third-order valence-corrected chi connectivity index (χ3v) is 4.60. The van der Waals surface area contributed by atoms with Crippen LogP contribution in [0.3, 0.4) is 0 Å². The van der Waals surface area contributed by atoms with Gasteiger partial charge in [0.25, 0.3) is 17.4 Å². The first-order valence-corrected chi connectivity index (χ1v) is 10.1. The number of rotatable bonds is 7. The maximum atomic E-state index is 12.6. The fourth-order valence-electron chi connectivity index (χ4n) is 3.02. The number of anilines is 1. The summed E-state index contributed by atoms with van der Waals surface area (Å²) in [5.41, 5.74) is 0.199. The van der Waals surface area contributed by atoms with Gasteiger partial charge in [-0.1, -0.05) is 44.2 Å². The van der Waals surface area contributed by atoms with E-state index in [0.717, 1.165) is 4.68 Å². The zero-order valence-corrected chi connectivity index (χ0v) is 18.0. The number of amides is 2. The van der Waals surface area contributed by atoms with E-state index in [2.05, 4.69) is 15.7 Å². The van der Waals surface area contributed by atoms with Crippen LogP contribution >= 0.6 is 0 Å². The van der Waals surface area contributed by atoms with Crippen molar-refractivity contribution in [3.63, 3.8) is 0 Å². The second-order valence-corrected chi connectivity index (χ2v) is 7.60. The molecule has 0 bridgehead atoms. The Kier molecular flexibility index (Phi) is 6.99. The molecule has 166 valence electrons. The molecule has 0 aliphatic carbocycles. The van der Waals surface area contributed by atoms with E-state index in [1.807, 2.05) is 13.8 Å². The first kappa shape index (κ1) is 22.7. The zero-order chi connectivity index (χ0) is 23.3. The summed E-state index contributed by atoms with van der Waals surface area (Å²) in [6.07, 6.45) is 0. The largest absolute Gasteiger partial charge is 0.451 e. The summed E-state index contributed by atoms with van der Waals surface area (Å²) in [5.74, 6) is -1.48. The second kappa shape index (κ2) is 9.86. The molecule has 3 rings (SSSR count). The molecule has 0 saturated heterocycles. The lowest BCUT2D eigenvalue weighted by atomic mass is 10.1. The van der Waals surface area contributed by atoms with Crippen molar-refractivity contribution in [1.82, 2.24) is 15.1 Å². The third-order valence-electron chi connectivity index (χ3n) is 4.60. The van der Waals surface area contributed by atoms with Gasteiger partial charge in [0.05, 0.1) is 16.6 Å². The molecule has 0 fully saturated rings. The molecule has 9 nitrogen and oxygen atoms in total. The van der Waals surface area contributed by atoms with E-state index < -0.39 is 18.5 Å². The average Bonchev–Trinajstić information content (AvgIpc) is 2.78. The predicted octanol–water partition coefficient (Wildman–Crippen LogP) is 2.11.